The van der Waals surface area contributed by atoms with Gasteiger partial charge in [-0.05, 0) is 29.1 Å². The van der Waals surface area contributed by atoms with E-state index in [9.17, 15) is 18.0 Å². The smallest absolute Gasteiger partial charge is 0.302 e. The standard InChI is InChI=1S/C16H14N4O5S2/c17-27(23,24)11-5-3-10(4-6-11)8-18-14(21)12-9-25-16(19-12)20-15(22)13-2-1-7-26-13/h1-7,9H,8H2,(H,18,21)(H2,17,23,24)(H,19,20,22). The molecule has 0 spiro atoms. The Bertz CT molecular complexity index is 1060. The van der Waals surface area contributed by atoms with E-state index in [0.29, 0.717) is 10.4 Å². The summed E-state index contributed by atoms with van der Waals surface area (Å²) >= 11 is 1.27. The summed E-state index contributed by atoms with van der Waals surface area (Å²) in [4.78, 5) is 28.4. The van der Waals surface area contributed by atoms with Crippen molar-refractivity contribution in [2.75, 3.05) is 5.32 Å². The molecule has 2 aromatic heterocycles. The number of benzene rings is 1. The summed E-state index contributed by atoms with van der Waals surface area (Å²) in [6.07, 6.45) is 1.13. The minimum absolute atomic E-state index is 0.00219. The highest BCUT2D eigenvalue weighted by atomic mass is 32.2. The monoisotopic (exact) mass is 406 g/mol. The van der Waals surface area contributed by atoms with E-state index in [4.69, 9.17) is 9.56 Å². The van der Waals surface area contributed by atoms with E-state index < -0.39 is 15.9 Å². The molecule has 9 nitrogen and oxygen atoms in total. The van der Waals surface area contributed by atoms with Gasteiger partial charge >= 0.3 is 6.01 Å². The van der Waals surface area contributed by atoms with E-state index in [2.05, 4.69) is 15.6 Å². The molecule has 0 aliphatic carbocycles. The zero-order valence-corrected chi connectivity index (χ0v) is 15.3. The molecule has 2 heterocycles. The average molecular weight is 406 g/mol. The van der Waals surface area contributed by atoms with Gasteiger partial charge in [0.1, 0.15) is 6.26 Å². The fourth-order valence-corrected chi connectivity index (χ4v) is 3.21. The van der Waals surface area contributed by atoms with Gasteiger partial charge < -0.3 is 9.73 Å². The van der Waals surface area contributed by atoms with Crippen molar-refractivity contribution in [3.63, 3.8) is 0 Å². The molecule has 0 unspecified atom stereocenters. The lowest BCUT2D eigenvalue weighted by Gasteiger charge is -2.04. The van der Waals surface area contributed by atoms with Crippen LogP contribution in [0.2, 0.25) is 0 Å². The van der Waals surface area contributed by atoms with Gasteiger partial charge in [-0.25, -0.2) is 13.6 Å². The van der Waals surface area contributed by atoms with E-state index in [1.807, 2.05) is 0 Å². The first kappa shape index (κ1) is 18.8. The van der Waals surface area contributed by atoms with E-state index in [1.165, 1.54) is 35.6 Å². The topological polar surface area (TPSA) is 144 Å². The lowest BCUT2D eigenvalue weighted by Crippen LogP contribution is -2.23. The summed E-state index contributed by atoms with van der Waals surface area (Å²) in [5, 5.41) is 11.9. The first-order valence-corrected chi connectivity index (χ1v) is 9.96. The third-order valence-electron chi connectivity index (χ3n) is 3.41. The molecular formula is C16H14N4O5S2. The Morgan fingerprint density at radius 3 is 2.52 bits per heavy atom. The van der Waals surface area contributed by atoms with Crippen molar-refractivity contribution in [3.05, 3.63) is 64.2 Å². The fourth-order valence-electron chi connectivity index (χ4n) is 2.07. The van der Waals surface area contributed by atoms with Crippen LogP contribution < -0.4 is 15.8 Å². The highest BCUT2D eigenvalue weighted by Gasteiger charge is 2.15. The van der Waals surface area contributed by atoms with E-state index in [0.717, 1.165) is 6.26 Å². The summed E-state index contributed by atoms with van der Waals surface area (Å²) in [6.45, 7) is 0.146. The second-order valence-corrected chi connectivity index (χ2v) is 7.85. The minimum Gasteiger partial charge on any atom is -0.431 e. The summed E-state index contributed by atoms with van der Waals surface area (Å²) in [7, 11) is -3.76. The summed E-state index contributed by atoms with van der Waals surface area (Å²) in [5.41, 5.74) is 0.670. The normalized spacial score (nSPS) is 11.1. The Labute approximate surface area is 158 Å². The van der Waals surface area contributed by atoms with Crippen LogP contribution in [0.4, 0.5) is 6.01 Å². The highest BCUT2D eigenvalue weighted by Crippen LogP contribution is 2.13. The van der Waals surface area contributed by atoms with Gasteiger partial charge in [0.15, 0.2) is 5.69 Å². The number of anilines is 1. The van der Waals surface area contributed by atoms with Crippen LogP contribution in [0.3, 0.4) is 0 Å². The van der Waals surface area contributed by atoms with Gasteiger partial charge in [-0.1, -0.05) is 18.2 Å². The molecule has 11 heteroatoms. The lowest BCUT2D eigenvalue weighted by atomic mass is 10.2. The minimum atomic E-state index is -3.76. The Kier molecular flexibility index (Phi) is 5.35. The number of thiophene rings is 1. The molecule has 1 aromatic carbocycles. The molecule has 0 saturated heterocycles. The first-order valence-electron chi connectivity index (χ1n) is 7.53. The summed E-state index contributed by atoms with van der Waals surface area (Å²) < 4.78 is 27.5. The molecule has 0 aliphatic heterocycles. The van der Waals surface area contributed by atoms with E-state index in [1.54, 1.807) is 17.5 Å². The molecule has 3 rings (SSSR count). The van der Waals surface area contributed by atoms with Crippen LogP contribution >= 0.6 is 11.3 Å². The van der Waals surface area contributed by atoms with Gasteiger partial charge in [-0.15, -0.1) is 11.3 Å². The second-order valence-electron chi connectivity index (χ2n) is 5.34. The average Bonchev–Trinajstić information content (AvgIpc) is 3.31. The molecule has 4 N–H and O–H groups in total. The molecule has 0 radical (unpaired) electrons. The van der Waals surface area contributed by atoms with Gasteiger partial charge in [0.25, 0.3) is 11.8 Å². The van der Waals surface area contributed by atoms with Crippen molar-refractivity contribution in [1.29, 1.82) is 0 Å². The number of nitrogens with zero attached hydrogens (tertiary/aromatic N) is 1. The summed E-state index contributed by atoms with van der Waals surface area (Å²) in [6, 6.07) is 9.08. The van der Waals surface area contributed by atoms with Gasteiger partial charge in [-0.3, -0.25) is 14.9 Å². The Morgan fingerprint density at radius 2 is 1.89 bits per heavy atom. The number of primary sulfonamides is 1. The van der Waals surface area contributed by atoms with E-state index >= 15 is 0 Å². The third-order valence-corrected chi connectivity index (χ3v) is 5.21. The van der Waals surface area contributed by atoms with Crippen molar-refractivity contribution < 1.29 is 22.4 Å². The maximum atomic E-state index is 12.1. The van der Waals surface area contributed by atoms with Crippen LogP contribution in [-0.4, -0.2) is 25.2 Å². The van der Waals surface area contributed by atoms with Crippen molar-refractivity contribution in [2.45, 2.75) is 11.4 Å². The van der Waals surface area contributed by atoms with Gasteiger partial charge in [-0.2, -0.15) is 4.98 Å². The largest absolute Gasteiger partial charge is 0.431 e. The van der Waals surface area contributed by atoms with Crippen molar-refractivity contribution in [1.82, 2.24) is 10.3 Å². The SMILES string of the molecule is NS(=O)(=O)c1ccc(CNC(=O)c2coc(NC(=O)c3cccs3)n2)cc1. The summed E-state index contributed by atoms with van der Waals surface area (Å²) in [5.74, 6) is -0.889. The number of rotatable bonds is 6. The number of sulfonamides is 1. The van der Waals surface area contributed by atoms with Gasteiger partial charge in [0.2, 0.25) is 10.0 Å². The molecule has 0 atom stereocenters. The molecule has 0 aliphatic rings. The van der Waals surface area contributed by atoms with Crippen LogP contribution in [0.25, 0.3) is 0 Å². The molecular weight excluding hydrogens is 392 g/mol. The van der Waals surface area contributed by atoms with Crippen molar-refractivity contribution >= 4 is 39.2 Å². The van der Waals surface area contributed by atoms with Crippen LogP contribution in [0.15, 0.2) is 57.4 Å². The number of nitrogens with one attached hydrogen (secondary N) is 2. The molecule has 0 bridgehead atoms. The molecule has 2 amide bonds. The Morgan fingerprint density at radius 1 is 1.15 bits per heavy atom. The molecule has 3 aromatic rings. The predicted molar refractivity (Wildman–Crippen MR) is 97.8 cm³/mol. The number of oxazole rings is 1. The van der Waals surface area contributed by atoms with Gasteiger partial charge in [0.05, 0.1) is 9.77 Å². The highest BCUT2D eigenvalue weighted by molar-refractivity contribution is 7.89. The third kappa shape index (κ3) is 4.78. The van der Waals surface area contributed by atoms with Crippen LogP contribution in [0.1, 0.15) is 25.7 Å². The van der Waals surface area contributed by atoms with Crippen LogP contribution in [0, 0.1) is 0 Å². The van der Waals surface area contributed by atoms with Gasteiger partial charge in [0, 0.05) is 6.54 Å². The molecule has 0 fully saturated rings. The number of carbonyl (C=O) groups is 2. The number of hydrogen-bond donors (Lipinski definition) is 3. The zero-order chi connectivity index (χ0) is 19.4. The lowest BCUT2D eigenvalue weighted by molar-refractivity contribution is 0.0944. The van der Waals surface area contributed by atoms with Crippen molar-refractivity contribution in [2.24, 2.45) is 5.14 Å². The Hall–Kier alpha value is -3.02. The molecule has 0 saturated carbocycles. The number of hydrogen-bond acceptors (Lipinski definition) is 7. The fraction of sp³-hybridized carbons (Fsp3) is 0.0625. The maximum absolute atomic E-state index is 12.1. The number of carbonyl (C=O) groups excluding carboxylic acids is 2. The predicted octanol–water partition coefficient (Wildman–Crippen LogP) is 1.57. The first-order chi connectivity index (χ1) is 12.8. The number of aromatic nitrogens is 1. The number of nitrogens with two attached hydrogens (primary N) is 1. The van der Waals surface area contributed by atoms with E-state index in [-0.39, 0.29) is 29.1 Å². The van der Waals surface area contributed by atoms with Crippen molar-refractivity contribution in [3.8, 4) is 0 Å². The molecule has 27 heavy (non-hydrogen) atoms. The van der Waals surface area contributed by atoms with Crippen LogP contribution in [0.5, 0.6) is 0 Å². The zero-order valence-electron chi connectivity index (χ0n) is 13.7. The molecule has 140 valence electrons. The quantitative estimate of drug-likeness (QED) is 0.567. The second kappa shape index (κ2) is 7.70. The van der Waals surface area contributed by atoms with Crippen LogP contribution in [-0.2, 0) is 16.6 Å². The Balaban J connectivity index is 1.57. The number of amides is 2. The maximum Gasteiger partial charge on any atom is 0.302 e.